The van der Waals surface area contributed by atoms with Gasteiger partial charge >= 0.3 is 6.03 Å². The lowest BCUT2D eigenvalue weighted by molar-refractivity contribution is 0.222. The summed E-state index contributed by atoms with van der Waals surface area (Å²) in [5.41, 5.74) is 8.58. The first-order chi connectivity index (χ1) is 12.2. The first-order valence-corrected chi connectivity index (χ1v) is 8.47. The van der Waals surface area contributed by atoms with Crippen LogP contribution in [0.3, 0.4) is 0 Å². The van der Waals surface area contributed by atoms with Crippen LogP contribution in [0, 0.1) is 0 Å². The summed E-state index contributed by atoms with van der Waals surface area (Å²) in [7, 11) is 0. The molecule has 1 heterocycles. The molecule has 6 heteroatoms. The first-order valence-electron chi connectivity index (χ1n) is 8.47. The van der Waals surface area contributed by atoms with Crippen LogP contribution in [0.15, 0.2) is 59.6 Å². The molecule has 1 saturated heterocycles. The first kappa shape index (κ1) is 16.8. The monoisotopic (exact) mass is 337 g/mol. The standard InChI is InChI=1S/C19H23N5O/c20-18(22-16-8-2-1-3-9-16)21-14-15-7-6-10-17(13-15)23-19(25)24-11-4-5-12-24/h1-3,6-10,13H,4-5,11-12,14H2,(H,23,25)(H3,20,21,22). The summed E-state index contributed by atoms with van der Waals surface area (Å²) in [5.74, 6) is 0.359. The van der Waals surface area contributed by atoms with Gasteiger partial charge in [-0.05, 0) is 42.7 Å². The van der Waals surface area contributed by atoms with E-state index in [1.54, 1.807) is 0 Å². The largest absolute Gasteiger partial charge is 0.370 e. The summed E-state index contributed by atoms with van der Waals surface area (Å²) in [6, 6.07) is 17.3. The number of anilines is 2. The van der Waals surface area contributed by atoms with Crippen molar-refractivity contribution in [1.29, 1.82) is 0 Å². The van der Waals surface area contributed by atoms with Gasteiger partial charge in [0.15, 0.2) is 5.96 Å². The van der Waals surface area contributed by atoms with Crippen LogP contribution < -0.4 is 16.4 Å². The van der Waals surface area contributed by atoms with E-state index in [-0.39, 0.29) is 6.03 Å². The van der Waals surface area contributed by atoms with Crippen molar-refractivity contribution in [2.45, 2.75) is 19.4 Å². The topological polar surface area (TPSA) is 82.7 Å². The second-order valence-electron chi connectivity index (χ2n) is 6.02. The highest BCUT2D eigenvalue weighted by molar-refractivity contribution is 5.92. The van der Waals surface area contributed by atoms with E-state index in [4.69, 9.17) is 5.73 Å². The normalized spacial score (nSPS) is 14.4. The van der Waals surface area contributed by atoms with Gasteiger partial charge in [-0.2, -0.15) is 0 Å². The summed E-state index contributed by atoms with van der Waals surface area (Å²) < 4.78 is 0. The number of nitrogens with two attached hydrogens (primary N) is 1. The van der Waals surface area contributed by atoms with E-state index < -0.39 is 0 Å². The zero-order valence-electron chi connectivity index (χ0n) is 14.1. The van der Waals surface area contributed by atoms with Crippen molar-refractivity contribution in [3.8, 4) is 0 Å². The van der Waals surface area contributed by atoms with Gasteiger partial charge < -0.3 is 21.3 Å². The average Bonchev–Trinajstić information content (AvgIpc) is 3.16. The highest BCUT2D eigenvalue weighted by Crippen LogP contribution is 2.15. The van der Waals surface area contributed by atoms with Crippen LogP contribution in [0.5, 0.6) is 0 Å². The van der Waals surface area contributed by atoms with Crippen molar-refractivity contribution in [1.82, 2.24) is 4.90 Å². The van der Waals surface area contributed by atoms with Crippen molar-refractivity contribution in [2.75, 3.05) is 23.7 Å². The van der Waals surface area contributed by atoms with Gasteiger partial charge in [0.25, 0.3) is 0 Å². The summed E-state index contributed by atoms with van der Waals surface area (Å²) in [6.07, 6.45) is 2.16. The van der Waals surface area contributed by atoms with Crippen LogP contribution in [-0.4, -0.2) is 30.0 Å². The number of urea groups is 1. The molecule has 0 radical (unpaired) electrons. The number of benzene rings is 2. The lowest BCUT2D eigenvalue weighted by Gasteiger charge is -2.16. The Balaban J connectivity index is 1.57. The van der Waals surface area contributed by atoms with Crippen LogP contribution in [0.1, 0.15) is 18.4 Å². The number of carbonyl (C=O) groups excluding carboxylic acids is 1. The molecule has 2 aromatic rings. The Bertz CT molecular complexity index is 738. The number of likely N-dealkylation sites (tertiary alicyclic amines) is 1. The van der Waals surface area contributed by atoms with E-state index >= 15 is 0 Å². The Morgan fingerprint density at radius 2 is 1.72 bits per heavy atom. The minimum atomic E-state index is -0.0385. The Morgan fingerprint density at radius 3 is 2.48 bits per heavy atom. The summed E-state index contributed by atoms with van der Waals surface area (Å²) in [6.45, 7) is 2.11. The molecule has 2 aromatic carbocycles. The highest BCUT2D eigenvalue weighted by Gasteiger charge is 2.17. The number of rotatable bonds is 4. The van der Waals surface area contributed by atoms with E-state index in [9.17, 15) is 4.79 Å². The van der Waals surface area contributed by atoms with Crippen LogP contribution >= 0.6 is 0 Å². The van der Waals surface area contributed by atoms with Gasteiger partial charge in [0, 0.05) is 24.5 Å². The van der Waals surface area contributed by atoms with E-state index in [1.165, 1.54) is 0 Å². The second-order valence-corrected chi connectivity index (χ2v) is 6.02. The van der Waals surface area contributed by atoms with Gasteiger partial charge in [0.05, 0.1) is 6.54 Å². The van der Waals surface area contributed by atoms with Gasteiger partial charge in [-0.25, -0.2) is 9.79 Å². The molecule has 130 valence electrons. The van der Waals surface area contributed by atoms with Gasteiger partial charge in [-0.15, -0.1) is 0 Å². The molecule has 0 spiro atoms. The predicted molar refractivity (Wildman–Crippen MR) is 102 cm³/mol. The molecule has 1 aliphatic rings. The third-order valence-corrected chi connectivity index (χ3v) is 4.05. The maximum Gasteiger partial charge on any atom is 0.321 e. The van der Waals surface area contributed by atoms with E-state index in [1.807, 2.05) is 59.5 Å². The van der Waals surface area contributed by atoms with Crippen molar-refractivity contribution in [3.63, 3.8) is 0 Å². The molecule has 4 N–H and O–H groups in total. The fraction of sp³-hybridized carbons (Fsp3) is 0.263. The third kappa shape index (κ3) is 4.97. The molecule has 0 bridgehead atoms. The summed E-state index contributed by atoms with van der Waals surface area (Å²) >= 11 is 0. The number of hydrogen-bond acceptors (Lipinski definition) is 2. The fourth-order valence-electron chi connectivity index (χ4n) is 2.76. The Kier molecular flexibility index (Phi) is 5.51. The molecule has 0 aromatic heterocycles. The van der Waals surface area contributed by atoms with Crippen LogP contribution in [0.25, 0.3) is 0 Å². The number of aliphatic imine (C=N–C) groups is 1. The lowest BCUT2D eigenvalue weighted by Crippen LogP contribution is -2.32. The van der Waals surface area contributed by atoms with Gasteiger partial charge in [0.1, 0.15) is 0 Å². The molecule has 1 fully saturated rings. The lowest BCUT2D eigenvalue weighted by atomic mass is 10.2. The number of carbonyl (C=O) groups is 1. The number of nitrogens with zero attached hydrogens (tertiary/aromatic N) is 2. The molecule has 0 atom stereocenters. The molecule has 6 nitrogen and oxygen atoms in total. The number of amides is 2. The number of nitrogens with one attached hydrogen (secondary N) is 2. The third-order valence-electron chi connectivity index (χ3n) is 4.05. The SMILES string of the molecule is NC(=NCc1cccc(NC(=O)N2CCCC2)c1)Nc1ccccc1. The Hall–Kier alpha value is -3.02. The van der Waals surface area contributed by atoms with Crippen molar-refractivity contribution in [3.05, 3.63) is 60.2 Å². The minimum Gasteiger partial charge on any atom is -0.370 e. The van der Waals surface area contributed by atoms with Crippen LogP contribution in [0.2, 0.25) is 0 Å². The van der Waals surface area contributed by atoms with Crippen LogP contribution in [-0.2, 0) is 6.54 Å². The molecule has 0 unspecified atom stereocenters. The molecule has 0 aliphatic carbocycles. The van der Waals surface area contributed by atoms with Gasteiger partial charge in [-0.3, -0.25) is 0 Å². The number of guanidine groups is 1. The summed E-state index contributed by atoms with van der Waals surface area (Å²) in [4.78, 5) is 18.3. The van der Waals surface area contributed by atoms with Crippen molar-refractivity contribution >= 4 is 23.4 Å². The molecule has 0 saturated carbocycles. The van der Waals surface area contributed by atoms with Crippen molar-refractivity contribution < 1.29 is 4.79 Å². The fourth-order valence-corrected chi connectivity index (χ4v) is 2.76. The Morgan fingerprint density at radius 1 is 1.00 bits per heavy atom. The predicted octanol–water partition coefficient (Wildman–Crippen LogP) is 3.24. The molecular formula is C19H23N5O. The maximum atomic E-state index is 12.2. The van der Waals surface area contributed by atoms with E-state index in [2.05, 4.69) is 15.6 Å². The smallest absolute Gasteiger partial charge is 0.321 e. The minimum absolute atomic E-state index is 0.0385. The zero-order valence-corrected chi connectivity index (χ0v) is 14.1. The number of hydrogen-bond donors (Lipinski definition) is 3. The highest BCUT2D eigenvalue weighted by atomic mass is 16.2. The van der Waals surface area contributed by atoms with E-state index in [0.29, 0.717) is 12.5 Å². The second kappa shape index (κ2) is 8.19. The number of para-hydroxylation sites is 1. The molecule has 25 heavy (non-hydrogen) atoms. The molecule has 1 aliphatic heterocycles. The quantitative estimate of drug-likeness (QED) is 0.591. The Labute approximate surface area is 147 Å². The van der Waals surface area contributed by atoms with Crippen molar-refractivity contribution in [2.24, 2.45) is 10.7 Å². The average molecular weight is 337 g/mol. The van der Waals surface area contributed by atoms with Crippen LogP contribution in [0.4, 0.5) is 16.2 Å². The molecule has 2 amide bonds. The maximum absolute atomic E-state index is 12.2. The van der Waals surface area contributed by atoms with E-state index in [0.717, 1.165) is 42.9 Å². The zero-order chi connectivity index (χ0) is 17.5. The summed E-state index contributed by atoms with van der Waals surface area (Å²) in [5, 5.41) is 5.99. The molecular weight excluding hydrogens is 314 g/mol. The molecule has 3 rings (SSSR count). The van der Waals surface area contributed by atoms with Gasteiger partial charge in [0.2, 0.25) is 0 Å². The van der Waals surface area contributed by atoms with Gasteiger partial charge in [-0.1, -0.05) is 30.3 Å².